The zero-order valence-electron chi connectivity index (χ0n) is 10.7. The Morgan fingerprint density at radius 1 is 1.29 bits per heavy atom. The summed E-state index contributed by atoms with van der Waals surface area (Å²) in [6, 6.07) is 8.28. The van der Waals surface area contributed by atoms with E-state index in [4.69, 9.17) is 15.9 Å². The van der Waals surface area contributed by atoms with Gasteiger partial charge in [0.25, 0.3) is 5.91 Å². The number of carbonyl (C=O) groups is 1. The van der Waals surface area contributed by atoms with Crippen LogP contribution in [0.1, 0.15) is 9.67 Å². The summed E-state index contributed by atoms with van der Waals surface area (Å²) in [7, 11) is 0. The van der Waals surface area contributed by atoms with E-state index in [1.54, 1.807) is 42.7 Å². The van der Waals surface area contributed by atoms with Crippen molar-refractivity contribution in [2.24, 2.45) is 5.73 Å². The van der Waals surface area contributed by atoms with E-state index >= 15 is 0 Å². The smallest absolute Gasteiger partial charge is 0.385 e. The van der Waals surface area contributed by atoms with E-state index in [2.05, 4.69) is 9.96 Å². The zero-order chi connectivity index (χ0) is 14.8. The highest BCUT2D eigenvalue weighted by Crippen LogP contribution is 2.34. The molecule has 0 saturated carbocycles. The number of thiophene rings is 1. The van der Waals surface area contributed by atoms with Gasteiger partial charge in [-0.15, -0.1) is 11.3 Å². The molecule has 0 bridgehead atoms. The van der Waals surface area contributed by atoms with Crippen molar-refractivity contribution in [3.63, 3.8) is 0 Å². The number of aromatic nitrogens is 1. The van der Waals surface area contributed by atoms with Crippen molar-refractivity contribution >= 4 is 33.0 Å². The largest absolute Gasteiger partial charge is 0.455 e. The number of carbonyl (C=O) groups excluding carboxylic acids is 1. The number of hydrogen-bond acceptors (Lipinski definition) is 5. The number of benzene rings is 1. The SMILES string of the molecule is N#[N+]c1ccc(Oc2cncc3sc(C(N)=O)cc23)cc1. The lowest BCUT2D eigenvalue weighted by atomic mass is 10.2. The van der Waals surface area contributed by atoms with Gasteiger partial charge in [0, 0.05) is 23.7 Å². The second-order valence-electron chi connectivity index (χ2n) is 4.22. The van der Waals surface area contributed by atoms with Gasteiger partial charge >= 0.3 is 5.69 Å². The topological polar surface area (TPSA) is 93.4 Å². The van der Waals surface area contributed by atoms with Crippen molar-refractivity contribution in [2.45, 2.75) is 0 Å². The molecule has 3 rings (SSSR count). The molecular weight excluding hydrogens is 288 g/mol. The van der Waals surface area contributed by atoms with Crippen molar-refractivity contribution in [3.05, 3.63) is 52.6 Å². The number of pyridine rings is 1. The minimum absolute atomic E-state index is 0.435. The molecule has 1 aromatic carbocycles. The highest BCUT2D eigenvalue weighted by atomic mass is 32.1. The van der Waals surface area contributed by atoms with Crippen LogP contribution in [0.25, 0.3) is 15.1 Å². The van der Waals surface area contributed by atoms with Gasteiger partial charge in [0.2, 0.25) is 5.39 Å². The van der Waals surface area contributed by atoms with E-state index < -0.39 is 5.91 Å². The molecule has 1 amide bonds. The average Bonchev–Trinajstić information content (AvgIpc) is 2.93. The number of rotatable bonds is 3. The Labute approximate surface area is 123 Å². The van der Waals surface area contributed by atoms with Crippen LogP contribution in [0.2, 0.25) is 0 Å². The molecule has 0 spiro atoms. The average molecular weight is 297 g/mol. The quantitative estimate of drug-likeness (QED) is 0.746. The van der Waals surface area contributed by atoms with Gasteiger partial charge in [0.15, 0.2) is 10.7 Å². The Bertz CT molecular complexity index is 865. The van der Waals surface area contributed by atoms with Crippen molar-refractivity contribution in [3.8, 4) is 11.5 Å². The van der Waals surface area contributed by atoms with Crippen LogP contribution in [0.3, 0.4) is 0 Å². The summed E-state index contributed by atoms with van der Waals surface area (Å²) < 4.78 is 6.58. The molecule has 6 nitrogen and oxygen atoms in total. The molecule has 0 aliphatic rings. The molecule has 2 N–H and O–H groups in total. The summed E-state index contributed by atoms with van der Waals surface area (Å²) in [5.74, 6) is 0.629. The molecule has 2 heterocycles. The molecule has 21 heavy (non-hydrogen) atoms. The van der Waals surface area contributed by atoms with Gasteiger partial charge in [-0.2, -0.15) is 0 Å². The molecule has 0 fully saturated rings. The number of hydrogen-bond donors (Lipinski definition) is 1. The number of amides is 1. The normalized spacial score (nSPS) is 10.2. The molecule has 2 aromatic heterocycles. The molecule has 0 aliphatic heterocycles. The monoisotopic (exact) mass is 297 g/mol. The Morgan fingerprint density at radius 3 is 2.71 bits per heavy atom. The van der Waals surface area contributed by atoms with Gasteiger partial charge in [-0.3, -0.25) is 9.78 Å². The second kappa shape index (κ2) is 5.19. The maximum absolute atomic E-state index is 11.2. The Morgan fingerprint density at radius 2 is 2.05 bits per heavy atom. The lowest BCUT2D eigenvalue weighted by molar-refractivity contribution is 0.100. The predicted octanol–water partition coefficient (Wildman–Crippen LogP) is 3.67. The Kier molecular flexibility index (Phi) is 3.22. The van der Waals surface area contributed by atoms with E-state index in [0.717, 1.165) is 10.1 Å². The first-order valence-corrected chi connectivity index (χ1v) is 6.79. The lowest BCUT2D eigenvalue weighted by Crippen LogP contribution is -2.08. The molecule has 3 aromatic rings. The third kappa shape index (κ3) is 2.52. The summed E-state index contributed by atoms with van der Waals surface area (Å²) >= 11 is 1.27. The fourth-order valence-electron chi connectivity index (χ4n) is 1.85. The number of fused-ring (bicyclic) bond motifs is 1. The Balaban J connectivity index is 1.99. The molecule has 0 aliphatic carbocycles. The van der Waals surface area contributed by atoms with Crippen molar-refractivity contribution in [1.82, 2.24) is 4.98 Å². The predicted molar refractivity (Wildman–Crippen MR) is 79.4 cm³/mol. The number of primary amides is 1. The maximum Gasteiger partial charge on any atom is 0.385 e. The first kappa shape index (κ1) is 13.0. The van der Waals surface area contributed by atoms with Gasteiger partial charge in [-0.1, -0.05) is 0 Å². The van der Waals surface area contributed by atoms with Crippen LogP contribution in [0.15, 0.2) is 42.7 Å². The summed E-state index contributed by atoms with van der Waals surface area (Å²) in [4.78, 5) is 18.9. The standard InChI is InChI=1S/C14H8N4O2S/c15-14(19)12-5-10-11(6-17-7-13(10)21-12)20-9-3-1-8(18-16)2-4-9/h1-7H,(H-,15,19)/p+1. The third-order valence-electron chi connectivity index (χ3n) is 2.83. The van der Waals surface area contributed by atoms with Crippen molar-refractivity contribution < 1.29 is 9.53 Å². The minimum atomic E-state index is -0.476. The van der Waals surface area contributed by atoms with Crippen LogP contribution in [0.5, 0.6) is 11.5 Å². The minimum Gasteiger partial charge on any atom is -0.455 e. The molecule has 0 atom stereocenters. The summed E-state index contributed by atoms with van der Waals surface area (Å²) in [6.45, 7) is 0. The summed E-state index contributed by atoms with van der Waals surface area (Å²) in [5.41, 5.74) is 5.72. The molecule has 102 valence electrons. The fourth-order valence-corrected chi connectivity index (χ4v) is 2.74. The van der Waals surface area contributed by atoms with Gasteiger partial charge in [0.05, 0.1) is 15.8 Å². The van der Waals surface area contributed by atoms with E-state index in [1.807, 2.05) is 0 Å². The highest BCUT2D eigenvalue weighted by molar-refractivity contribution is 7.20. The van der Waals surface area contributed by atoms with Crippen LogP contribution >= 0.6 is 11.3 Å². The van der Waals surface area contributed by atoms with Crippen molar-refractivity contribution in [1.29, 1.82) is 5.39 Å². The maximum atomic E-state index is 11.2. The molecular formula is C14H9N4O2S+. The summed E-state index contributed by atoms with van der Waals surface area (Å²) in [5, 5.41) is 9.42. The number of ether oxygens (including phenoxy) is 1. The van der Waals surface area contributed by atoms with Gasteiger partial charge in [0.1, 0.15) is 5.75 Å². The number of nitrogens with zero attached hydrogens (tertiary/aromatic N) is 3. The van der Waals surface area contributed by atoms with Gasteiger partial charge < -0.3 is 10.5 Å². The van der Waals surface area contributed by atoms with Crippen LogP contribution < -0.4 is 10.5 Å². The van der Waals surface area contributed by atoms with Gasteiger partial charge in [-0.25, -0.2) is 0 Å². The van der Waals surface area contributed by atoms with Gasteiger partial charge in [-0.05, 0) is 18.2 Å². The van der Waals surface area contributed by atoms with E-state index in [0.29, 0.717) is 22.1 Å². The fraction of sp³-hybridized carbons (Fsp3) is 0. The number of diazo groups is 1. The van der Waals surface area contributed by atoms with Crippen LogP contribution in [-0.2, 0) is 0 Å². The van der Waals surface area contributed by atoms with Crippen LogP contribution in [-0.4, -0.2) is 10.9 Å². The lowest BCUT2D eigenvalue weighted by Gasteiger charge is -2.05. The first-order valence-electron chi connectivity index (χ1n) is 5.98. The highest BCUT2D eigenvalue weighted by Gasteiger charge is 2.12. The second-order valence-corrected chi connectivity index (χ2v) is 5.30. The molecule has 0 saturated heterocycles. The number of nitrogens with two attached hydrogens (primary N) is 1. The van der Waals surface area contributed by atoms with E-state index in [1.165, 1.54) is 11.3 Å². The molecule has 0 radical (unpaired) electrons. The Hall–Kier alpha value is -2.98. The third-order valence-corrected chi connectivity index (χ3v) is 3.92. The van der Waals surface area contributed by atoms with Crippen LogP contribution in [0, 0.1) is 5.39 Å². The van der Waals surface area contributed by atoms with E-state index in [9.17, 15) is 4.79 Å². The van der Waals surface area contributed by atoms with E-state index in [-0.39, 0.29) is 0 Å². The zero-order valence-corrected chi connectivity index (χ0v) is 11.5. The van der Waals surface area contributed by atoms with Crippen molar-refractivity contribution in [2.75, 3.05) is 0 Å². The molecule has 7 heteroatoms. The first-order chi connectivity index (χ1) is 10.2. The van der Waals surface area contributed by atoms with Crippen LogP contribution in [0.4, 0.5) is 5.69 Å². The summed E-state index contributed by atoms with van der Waals surface area (Å²) in [6.07, 6.45) is 3.23. The molecule has 0 unspecified atom stereocenters.